The van der Waals surface area contributed by atoms with E-state index in [-0.39, 0.29) is 0 Å². The van der Waals surface area contributed by atoms with Gasteiger partial charge < -0.3 is 5.11 Å². The fourth-order valence-corrected chi connectivity index (χ4v) is 3.26. The number of carbonyl (C=O) groups is 1. The molecule has 15 heavy (non-hydrogen) atoms. The minimum absolute atomic E-state index is 0.340. The molecule has 0 radical (unpaired) electrons. The molecule has 1 aliphatic carbocycles. The molecule has 0 bridgehead atoms. The topological polar surface area (TPSA) is 37.3 Å². The van der Waals surface area contributed by atoms with Gasteiger partial charge in [0.05, 0.1) is 5.41 Å². The van der Waals surface area contributed by atoms with Crippen LogP contribution in [0.15, 0.2) is 0 Å². The molecule has 1 saturated carbocycles. The fraction of sp³-hybridized carbons (Fsp3) is 0.917. The molecule has 1 unspecified atom stereocenters. The molecule has 1 fully saturated rings. The SMILES string of the molecule is CCC(CCCl)(C(=O)O)C1CCCCC1. The fourth-order valence-electron chi connectivity index (χ4n) is 2.93. The van der Waals surface area contributed by atoms with Crippen LogP contribution < -0.4 is 0 Å². The normalized spacial score (nSPS) is 22.3. The summed E-state index contributed by atoms with van der Waals surface area (Å²) in [6, 6.07) is 0. The van der Waals surface area contributed by atoms with Crippen LogP contribution >= 0.6 is 11.6 Å². The van der Waals surface area contributed by atoms with Crippen LogP contribution in [-0.4, -0.2) is 17.0 Å². The van der Waals surface area contributed by atoms with Crippen LogP contribution in [-0.2, 0) is 4.79 Å². The maximum atomic E-state index is 11.5. The summed E-state index contributed by atoms with van der Waals surface area (Å²) in [5, 5.41) is 9.45. The summed E-state index contributed by atoms with van der Waals surface area (Å²) >= 11 is 5.76. The Labute approximate surface area is 97.0 Å². The molecule has 2 nitrogen and oxygen atoms in total. The molecule has 1 atom stereocenters. The first-order chi connectivity index (χ1) is 7.17. The van der Waals surface area contributed by atoms with Crippen molar-refractivity contribution in [2.45, 2.75) is 51.9 Å². The molecule has 0 aliphatic heterocycles. The van der Waals surface area contributed by atoms with Gasteiger partial charge in [0.25, 0.3) is 0 Å². The van der Waals surface area contributed by atoms with Crippen molar-refractivity contribution in [2.75, 3.05) is 5.88 Å². The van der Waals surface area contributed by atoms with Gasteiger partial charge in [-0.2, -0.15) is 0 Å². The number of aliphatic carboxylic acids is 1. The van der Waals surface area contributed by atoms with E-state index < -0.39 is 11.4 Å². The maximum Gasteiger partial charge on any atom is 0.309 e. The smallest absolute Gasteiger partial charge is 0.309 e. The van der Waals surface area contributed by atoms with E-state index in [1.807, 2.05) is 6.92 Å². The van der Waals surface area contributed by atoms with Gasteiger partial charge in [0.2, 0.25) is 0 Å². The van der Waals surface area contributed by atoms with E-state index in [9.17, 15) is 9.90 Å². The highest BCUT2D eigenvalue weighted by Gasteiger charge is 2.43. The minimum Gasteiger partial charge on any atom is -0.481 e. The van der Waals surface area contributed by atoms with E-state index in [0.29, 0.717) is 24.6 Å². The number of rotatable bonds is 5. The van der Waals surface area contributed by atoms with Gasteiger partial charge in [-0.05, 0) is 31.6 Å². The molecule has 0 spiro atoms. The lowest BCUT2D eigenvalue weighted by Gasteiger charge is -2.38. The second-order valence-corrected chi connectivity index (χ2v) is 4.97. The molecular weight excluding hydrogens is 212 g/mol. The Balaban J connectivity index is 2.80. The summed E-state index contributed by atoms with van der Waals surface area (Å²) in [5.74, 6) is 0.154. The van der Waals surface area contributed by atoms with Gasteiger partial charge >= 0.3 is 5.97 Å². The first-order valence-electron chi connectivity index (χ1n) is 5.96. The lowest BCUT2D eigenvalue weighted by molar-refractivity contribution is -0.154. The summed E-state index contributed by atoms with van der Waals surface area (Å²) < 4.78 is 0. The molecule has 1 aliphatic rings. The van der Waals surface area contributed by atoms with Gasteiger partial charge in [-0.1, -0.05) is 26.2 Å². The zero-order valence-corrected chi connectivity index (χ0v) is 10.2. The molecule has 1 rings (SSSR count). The van der Waals surface area contributed by atoms with Crippen LogP contribution in [0.25, 0.3) is 0 Å². The predicted molar refractivity (Wildman–Crippen MR) is 62.3 cm³/mol. The summed E-state index contributed by atoms with van der Waals surface area (Å²) in [7, 11) is 0. The van der Waals surface area contributed by atoms with Crippen molar-refractivity contribution in [3.8, 4) is 0 Å². The number of alkyl halides is 1. The van der Waals surface area contributed by atoms with Crippen molar-refractivity contribution in [1.82, 2.24) is 0 Å². The quantitative estimate of drug-likeness (QED) is 0.735. The van der Waals surface area contributed by atoms with Gasteiger partial charge in [-0.15, -0.1) is 11.6 Å². The first kappa shape index (κ1) is 12.8. The van der Waals surface area contributed by atoms with Crippen LogP contribution in [0.5, 0.6) is 0 Å². The van der Waals surface area contributed by atoms with Crippen molar-refractivity contribution in [3.63, 3.8) is 0 Å². The van der Waals surface area contributed by atoms with E-state index in [1.54, 1.807) is 0 Å². The molecule has 0 aromatic rings. The van der Waals surface area contributed by atoms with Crippen molar-refractivity contribution in [2.24, 2.45) is 11.3 Å². The lowest BCUT2D eigenvalue weighted by Crippen LogP contribution is -2.39. The van der Waals surface area contributed by atoms with Crippen LogP contribution in [0.1, 0.15) is 51.9 Å². The van der Waals surface area contributed by atoms with Gasteiger partial charge in [0.1, 0.15) is 0 Å². The Morgan fingerprint density at radius 1 is 1.40 bits per heavy atom. The van der Waals surface area contributed by atoms with Gasteiger partial charge in [0, 0.05) is 5.88 Å². The molecule has 3 heteroatoms. The first-order valence-corrected chi connectivity index (χ1v) is 6.50. The van der Waals surface area contributed by atoms with Crippen molar-refractivity contribution in [3.05, 3.63) is 0 Å². The number of carboxylic acid groups (broad SMARTS) is 1. The average Bonchev–Trinajstić information content (AvgIpc) is 2.26. The maximum absolute atomic E-state index is 11.5. The number of hydrogen-bond donors (Lipinski definition) is 1. The molecule has 0 amide bonds. The molecule has 0 heterocycles. The molecule has 0 aromatic carbocycles. The Morgan fingerprint density at radius 2 is 2.00 bits per heavy atom. The van der Waals surface area contributed by atoms with Crippen molar-refractivity contribution < 1.29 is 9.90 Å². The molecule has 88 valence electrons. The molecule has 1 N–H and O–H groups in total. The van der Waals surface area contributed by atoms with E-state index in [0.717, 1.165) is 12.8 Å². The standard InChI is InChI=1S/C12H21ClO2/c1-2-12(8-9-13,11(14)15)10-6-4-3-5-7-10/h10H,2-9H2,1H3,(H,14,15). The van der Waals surface area contributed by atoms with E-state index in [2.05, 4.69) is 0 Å². The monoisotopic (exact) mass is 232 g/mol. The zero-order valence-electron chi connectivity index (χ0n) is 9.47. The number of halogens is 1. The average molecular weight is 233 g/mol. The zero-order chi connectivity index (χ0) is 11.3. The highest BCUT2D eigenvalue weighted by atomic mass is 35.5. The van der Waals surface area contributed by atoms with E-state index >= 15 is 0 Å². The third-order valence-corrected chi connectivity index (χ3v) is 4.17. The van der Waals surface area contributed by atoms with Crippen molar-refractivity contribution >= 4 is 17.6 Å². The molecular formula is C12H21ClO2. The largest absolute Gasteiger partial charge is 0.481 e. The van der Waals surface area contributed by atoms with Crippen molar-refractivity contribution in [1.29, 1.82) is 0 Å². The van der Waals surface area contributed by atoms with Crippen LogP contribution in [0.2, 0.25) is 0 Å². The third kappa shape index (κ3) is 2.66. The second kappa shape index (κ2) is 5.74. The summed E-state index contributed by atoms with van der Waals surface area (Å²) in [5.41, 5.74) is -0.553. The number of hydrogen-bond acceptors (Lipinski definition) is 1. The van der Waals surface area contributed by atoms with Gasteiger partial charge in [-0.25, -0.2) is 0 Å². The van der Waals surface area contributed by atoms with Crippen LogP contribution in [0.3, 0.4) is 0 Å². The third-order valence-electron chi connectivity index (χ3n) is 3.98. The van der Waals surface area contributed by atoms with Crippen LogP contribution in [0, 0.1) is 11.3 Å². The van der Waals surface area contributed by atoms with Gasteiger partial charge in [0.15, 0.2) is 0 Å². The van der Waals surface area contributed by atoms with Crippen LogP contribution in [0.4, 0.5) is 0 Å². The van der Waals surface area contributed by atoms with Gasteiger partial charge in [-0.3, -0.25) is 4.79 Å². The summed E-state index contributed by atoms with van der Waals surface area (Å²) in [6.45, 7) is 1.98. The molecule has 0 saturated heterocycles. The highest BCUT2D eigenvalue weighted by molar-refractivity contribution is 6.18. The Hall–Kier alpha value is -0.240. The minimum atomic E-state index is -0.641. The summed E-state index contributed by atoms with van der Waals surface area (Å²) in [6.07, 6.45) is 7.08. The summed E-state index contributed by atoms with van der Waals surface area (Å²) in [4.78, 5) is 11.5. The van der Waals surface area contributed by atoms with E-state index in [4.69, 9.17) is 11.6 Å². The lowest BCUT2D eigenvalue weighted by atomic mass is 9.65. The highest BCUT2D eigenvalue weighted by Crippen LogP contribution is 2.44. The van der Waals surface area contributed by atoms with E-state index in [1.165, 1.54) is 19.3 Å². The second-order valence-electron chi connectivity index (χ2n) is 4.59. The molecule has 0 aromatic heterocycles. The predicted octanol–water partition coefficient (Wildman–Crippen LogP) is 3.68. The number of carboxylic acids is 1. The Bertz CT molecular complexity index is 212. The Morgan fingerprint density at radius 3 is 2.40 bits per heavy atom. The Kier molecular flexibility index (Phi) is 4.91.